The fraction of sp³-hybridized carbons (Fsp3) is 0.917. The molecule has 0 bridgehead atoms. The first-order valence-electron chi connectivity index (χ1n) is 6.46. The molecule has 1 heterocycles. The molecule has 0 aromatic heterocycles. The van der Waals surface area contributed by atoms with Gasteiger partial charge in [-0.25, -0.2) is 8.42 Å². The molecule has 0 aliphatic carbocycles. The lowest BCUT2D eigenvalue weighted by Gasteiger charge is -2.14. The van der Waals surface area contributed by atoms with Crippen LogP contribution in [0.4, 0.5) is 0 Å². The van der Waals surface area contributed by atoms with Gasteiger partial charge in [0.15, 0.2) is 9.84 Å². The Hall–Kier alpha value is -0.580. The quantitative estimate of drug-likeness (QED) is 0.788. The summed E-state index contributed by atoms with van der Waals surface area (Å²) in [5.74, 6) is 0.249. The normalized spacial score (nSPS) is 24.5. The van der Waals surface area contributed by atoms with E-state index in [0.29, 0.717) is 6.42 Å². The van der Waals surface area contributed by atoms with Crippen molar-refractivity contribution in [1.82, 2.24) is 5.32 Å². The molecule has 17 heavy (non-hydrogen) atoms. The summed E-state index contributed by atoms with van der Waals surface area (Å²) in [6, 6.07) is 0. The average Bonchev–Trinajstić information content (AvgIpc) is 2.62. The molecular formula is C12H23NO3S. The van der Waals surface area contributed by atoms with E-state index in [4.69, 9.17) is 0 Å². The lowest BCUT2D eigenvalue weighted by atomic mass is 10.0. The fourth-order valence-corrected chi connectivity index (χ4v) is 3.88. The van der Waals surface area contributed by atoms with Crippen molar-refractivity contribution in [3.63, 3.8) is 0 Å². The number of unbranched alkanes of at least 4 members (excludes halogenated alkanes) is 1. The zero-order valence-electron chi connectivity index (χ0n) is 10.7. The highest BCUT2D eigenvalue weighted by atomic mass is 32.2. The van der Waals surface area contributed by atoms with Crippen LogP contribution < -0.4 is 5.32 Å². The van der Waals surface area contributed by atoms with Crippen molar-refractivity contribution in [2.75, 3.05) is 12.3 Å². The first-order chi connectivity index (χ1) is 7.97. The van der Waals surface area contributed by atoms with Gasteiger partial charge in [0, 0.05) is 12.5 Å². The third-order valence-electron chi connectivity index (χ3n) is 3.41. The molecule has 1 aliphatic rings. The van der Waals surface area contributed by atoms with Crippen LogP contribution in [0.15, 0.2) is 0 Å². The van der Waals surface area contributed by atoms with E-state index in [1.807, 2.05) is 6.92 Å². The smallest absolute Gasteiger partial charge is 0.222 e. The standard InChI is InChI=1S/C12H23NO3S/c1-3-4-6-10(2)12(14)13-9-11-7-5-8-17(11,15)16/h10-11H,3-9H2,1-2H3,(H,13,14)/t10-,11+/m0/s1. The molecule has 1 fully saturated rings. The Morgan fingerprint density at radius 1 is 1.47 bits per heavy atom. The fourth-order valence-electron chi connectivity index (χ4n) is 2.12. The van der Waals surface area contributed by atoms with Gasteiger partial charge in [-0.15, -0.1) is 0 Å². The van der Waals surface area contributed by atoms with Crippen LogP contribution in [0.2, 0.25) is 0 Å². The summed E-state index contributed by atoms with van der Waals surface area (Å²) in [5.41, 5.74) is 0. The molecule has 1 amide bonds. The first kappa shape index (κ1) is 14.5. The van der Waals surface area contributed by atoms with Gasteiger partial charge in [0.05, 0.1) is 11.0 Å². The highest BCUT2D eigenvalue weighted by Gasteiger charge is 2.31. The van der Waals surface area contributed by atoms with E-state index in [1.54, 1.807) is 0 Å². The molecule has 0 aromatic carbocycles. The second-order valence-electron chi connectivity index (χ2n) is 4.92. The maximum atomic E-state index is 11.7. The minimum atomic E-state index is -2.94. The maximum Gasteiger partial charge on any atom is 0.222 e. The molecule has 0 radical (unpaired) electrons. The lowest BCUT2D eigenvalue weighted by molar-refractivity contribution is -0.124. The Morgan fingerprint density at radius 3 is 2.71 bits per heavy atom. The highest BCUT2D eigenvalue weighted by Crippen LogP contribution is 2.19. The number of amides is 1. The molecule has 1 rings (SSSR count). The number of nitrogens with one attached hydrogen (secondary N) is 1. The van der Waals surface area contributed by atoms with E-state index in [1.165, 1.54) is 0 Å². The first-order valence-corrected chi connectivity index (χ1v) is 8.18. The summed E-state index contributed by atoms with van der Waals surface area (Å²) in [6.45, 7) is 4.28. The van der Waals surface area contributed by atoms with Crippen LogP contribution in [0, 0.1) is 5.92 Å². The molecule has 0 saturated carbocycles. The van der Waals surface area contributed by atoms with Crippen LogP contribution in [0.3, 0.4) is 0 Å². The summed E-state index contributed by atoms with van der Waals surface area (Å²) in [7, 11) is -2.94. The molecule has 100 valence electrons. The van der Waals surface area contributed by atoms with Crippen LogP contribution in [0.1, 0.15) is 46.0 Å². The van der Waals surface area contributed by atoms with Crippen LogP contribution in [0.5, 0.6) is 0 Å². The molecular weight excluding hydrogens is 238 g/mol. The molecule has 0 aromatic rings. The summed E-state index contributed by atoms with van der Waals surface area (Å²) < 4.78 is 23.1. The zero-order chi connectivity index (χ0) is 12.9. The number of hydrogen-bond donors (Lipinski definition) is 1. The van der Waals surface area contributed by atoms with Gasteiger partial charge in [0.25, 0.3) is 0 Å². The van der Waals surface area contributed by atoms with Crippen LogP contribution in [-0.2, 0) is 14.6 Å². The van der Waals surface area contributed by atoms with Crippen molar-refractivity contribution in [3.8, 4) is 0 Å². The van der Waals surface area contributed by atoms with E-state index in [9.17, 15) is 13.2 Å². The SMILES string of the molecule is CCCC[C@H](C)C(=O)NC[C@H]1CCCS1(=O)=O. The Bertz CT molecular complexity index is 351. The van der Waals surface area contributed by atoms with Crippen LogP contribution in [0.25, 0.3) is 0 Å². The van der Waals surface area contributed by atoms with E-state index >= 15 is 0 Å². The minimum Gasteiger partial charge on any atom is -0.355 e. The third-order valence-corrected chi connectivity index (χ3v) is 5.68. The van der Waals surface area contributed by atoms with Crippen molar-refractivity contribution in [2.24, 2.45) is 5.92 Å². The summed E-state index contributed by atoms with van der Waals surface area (Å²) in [4.78, 5) is 11.7. The minimum absolute atomic E-state index is 0.0134. The van der Waals surface area contributed by atoms with Crippen LogP contribution >= 0.6 is 0 Å². The molecule has 0 spiro atoms. The van der Waals surface area contributed by atoms with E-state index in [-0.39, 0.29) is 29.4 Å². The van der Waals surface area contributed by atoms with Gasteiger partial charge >= 0.3 is 0 Å². The van der Waals surface area contributed by atoms with Gasteiger partial charge in [0.1, 0.15) is 0 Å². The van der Waals surface area contributed by atoms with Gasteiger partial charge in [-0.2, -0.15) is 0 Å². The molecule has 2 atom stereocenters. The monoisotopic (exact) mass is 261 g/mol. The Labute approximate surface area is 104 Å². The third kappa shape index (κ3) is 4.30. The number of sulfone groups is 1. The van der Waals surface area contributed by atoms with Crippen molar-refractivity contribution in [1.29, 1.82) is 0 Å². The predicted molar refractivity (Wildman–Crippen MR) is 68.5 cm³/mol. The van der Waals surface area contributed by atoms with Crippen molar-refractivity contribution >= 4 is 15.7 Å². The summed E-state index contributed by atoms with van der Waals surface area (Å²) in [5, 5.41) is 2.41. The number of rotatable bonds is 6. The molecule has 0 unspecified atom stereocenters. The van der Waals surface area contributed by atoms with E-state index in [2.05, 4.69) is 12.2 Å². The zero-order valence-corrected chi connectivity index (χ0v) is 11.6. The Kier molecular flexibility index (Phi) is 5.43. The van der Waals surface area contributed by atoms with Gasteiger partial charge in [-0.05, 0) is 19.3 Å². The lowest BCUT2D eigenvalue weighted by Crippen LogP contribution is -2.37. The largest absolute Gasteiger partial charge is 0.355 e. The number of carbonyl (C=O) groups is 1. The molecule has 1 saturated heterocycles. The average molecular weight is 261 g/mol. The number of carbonyl (C=O) groups excluding carboxylic acids is 1. The molecule has 1 N–H and O–H groups in total. The summed E-state index contributed by atoms with van der Waals surface area (Å²) in [6.07, 6.45) is 4.41. The van der Waals surface area contributed by atoms with Gasteiger partial charge < -0.3 is 5.32 Å². The van der Waals surface area contributed by atoms with Crippen molar-refractivity contribution < 1.29 is 13.2 Å². The van der Waals surface area contributed by atoms with E-state index < -0.39 is 9.84 Å². The van der Waals surface area contributed by atoms with Crippen molar-refractivity contribution in [2.45, 2.75) is 51.2 Å². The Morgan fingerprint density at radius 2 is 2.18 bits per heavy atom. The van der Waals surface area contributed by atoms with Crippen LogP contribution in [-0.4, -0.2) is 31.9 Å². The topological polar surface area (TPSA) is 63.2 Å². The molecule has 1 aliphatic heterocycles. The van der Waals surface area contributed by atoms with Gasteiger partial charge in [-0.3, -0.25) is 4.79 Å². The van der Waals surface area contributed by atoms with Crippen molar-refractivity contribution in [3.05, 3.63) is 0 Å². The second kappa shape index (κ2) is 6.38. The van der Waals surface area contributed by atoms with Gasteiger partial charge in [-0.1, -0.05) is 26.7 Å². The predicted octanol–water partition coefficient (Wildman–Crippen LogP) is 1.51. The van der Waals surface area contributed by atoms with E-state index in [0.717, 1.165) is 25.7 Å². The molecule has 4 nitrogen and oxygen atoms in total. The molecule has 5 heteroatoms. The Balaban J connectivity index is 2.33. The van der Waals surface area contributed by atoms with Gasteiger partial charge in [0.2, 0.25) is 5.91 Å². The highest BCUT2D eigenvalue weighted by molar-refractivity contribution is 7.92. The second-order valence-corrected chi connectivity index (χ2v) is 7.32. The summed E-state index contributed by atoms with van der Waals surface area (Å²) >= 11 is 0. The number of hydrogen-bond acceptors (Lipinski definition) is 3. The maximum absolute atomic E-state index is 11.7.